The van der Waals surface area contributed by atoms with Crippen molar-refractivity contribution in [1.82, 2.24) is 10.3 Å². The van der Waals surface area contributed by atoms with Gasteiger partial charge in [0, 0.05) is 18.4 Å². The van der Waals surface area contributed by atoms with Gasteiger partial charge in [0.25, 0.3) is 0 Å². The molecule has 0 amide bonds. The van der Waals surface area contributed by atoms with Gasteiger partial charge in [0.2, 0.25) is 0 Å². The Balaban J connectivity index is 1.92. The molecule has 1 N–H and O–H groups in total. The molecular formula is C17H22N2. The van der Waals surface area contributed by atoms with E-state index in [2.05, 4.69) is 53.6 Å². The molecule has 0 saturated carbocycles. The summed E-state index contributed by atoms with van der Waals surface area (Å²) < 4.78 is 0. The monoisotopic (exact) mass is 254 g/mol. The highest BCUT2D eigenvalue weighted by atomic mass is 14.9. The molecule has 1 atom stereocenters. The maximum absolute atomic E-state index is 4.24. The summed E-state index contributed by atoms with van der Waals surface area (Å²) in [5.74, 6) is 0. The van der Waals surface area contributed by atoms with Crippen molar-refractivity contribution in [2.75, 3.05) is 7.05 Å². The third-order valence-electron chi connectivity index (χ3n) is 3.60. The Morgan fingerprint density at radius 3 is 2.63 bits per heavy atom. The van der Waals surface area contributed by atoms with Crippen molar-refractivity contribution >= 4 is 0 Å². The zero-order valence-electron chi connectivity index (χ0n) is 11.8. The van der Waals surface area contributed by atoms with E-state index in [0.29, 0.717) is 6.04 Å². The fourth-order valence-electron chi connectivity index (χ4n) is 2.45. The van der Waals surface area contributed by atoms with E-state index in [1.807, 2.05) is 19.4 Å². The molecule has 19 heavy (non-hydrogen) atoms. The third kappa shape index (κ3) is 3.90. The quantitative estimate of drug-likeness (QED) is 0.850. The topological polar surface area (TPSA) is 24.9 Å². The number of aryl methyl sites for hydroxylation is 2. The molecule has 0 bridgehead atoms. The second-order valence-electron chi connectivity index (χ2n) is 4.95. The molecule has 100 valence electrons. The van der Waals surface area contributed by atoms with Crippen LogP contribution in [0.15, 0.2) is 48.8 Å². The van der Waals surface area contributed by atoms with Gasteiger partial charge in [0.15, 0.2) is 0 Å². The van der Waals surface area contributed by atoms with Gasteiger partial charge in [-0.15, -0.1) is 0 Å². The molecule has 1 unspecified atom stereocenters. The molecule has 2 nitrogen and oxygen atoms in total. The SMILES string of the molecule is CNC(CCCc1ccccc1)c1cnccc1C. The molecule has 2 rings (SSSR count). The number of benzene rings is 1. The number of pyridine rings is 1. The van der Waals surface area contributed by atoms with Crippen molar-refractivity contribution in [2.45, 2.75) is 32.2 Å². The third-order valence-corrected chi connectivity index (χ3v) is 3.60. The van der Waals surface area contributed by atoms with Crippen LogP contribution in [-0.2, 0) is 6.42 Å². The number of rotatable bonds is 6. The first-order chi connectivity index (χ1) is 9.31. The summed E-state index contributed by atoms with van der Waals surface area (Å²) >= 11 is 0. The largest absolute Gasteiger partial charge is 0.313 e. The van der Waals surface area contributed by atoms with Crippen LogP contribution in [0.2, 0.25) is 0 Å². The number of aromatic nitrogens is 1. The van der Waals surface area contributed by atoms with Crippen molar-refractivity contribution in [3.63, 3.8) is 0 Å². The van der Waals surface area contributed by atoms with Crippen LogP contribution in [0.4, 0.5) is 0 Å². The lowest BCUT2D eigenvalue weighted by Crippen LogP contribution is -2.17. The Labute approximate surface area is 115 Å². The molecule has 0 radical (unpaired) electrons. The molecule has 2 aromatic rings. The van der Waals surface area contributed by atoms with Crippen LogP contribution in [0, 0.1) is 6.92 Å². The fourth-order valence-corrected chi connectivity index (χ4v) is 2.45. The highest BCUT2D eigenvalue weighted by Crippen LogP contribution is 2.21. The number of nitrogens with one attached hydrogen (secondary N) is 1. The number of hydrogen-bond acceptors (Lipinski definition) is 2. The normalized spacial score (nSPS) is 12.3. The Hall–Kier alpha value is -1.67. The maximum Gasteiger partial charge on any atom is 0.0335 e. The first kappa shape index (κ1) is 13.8. The van der Waals surface area contributed by atoms with Crippen LogP contribution < -0.4 is 5.32 Å². The molecule has 0 aliphatic carbocycles. The van der Waals surface area contributed by atoms with E-state index in [4.69, 9.17) is 0 Å². The zero-order valence-corrected chi connectivity index (χ0v) is 11.8. The van der Waals surface area contributed by atoms with Gasteiger partial charge in [0.05, 0.1) is 0 Å². The van der Waals surface area contributed by atoms with E-state index in [-0.39, 0.29) is 0 Å². The standard InChI is InChI=1S/C17H22N2/c1-14-11-12-19-13-16(14)17(18-2)10-6-9-15-7-4-3-5-8-15/h3-5,7-8,11-13,17-18H,6,9-10H2,1-2H3. The van der Waals surface area contributed by atoms with Gasteiger partial charge in [0.1, 0.15) is 0 Å². The summed E-state index contributed by atoms with van der Waals surface area (Å²) in [5.41, 5.74) is 4.05. The van der Waals surface area contributed by atoms with Crippen LogP contribution in [-0.4, -0.2) is 12.0 Å². The molecule has 1 aromatic heterocycles. The second-order valence-corrected chi connectivity index (χ2v) is 4.95. The van der Waals surface area contributed by atoms with Crippen LogP contribution >= 0.6 is 0 Å². The van der Waals surface area contributed by atoms with E-state index in [0.717, 1.165) is 12.8 Å². The minimum atomic E-state index is 0.400. The van der Waals surface area contributed by atoms with Crippen LogP contribution in [0.1, 0.15) is 35.6 Å². The van der Waals surface area contributed by atoms with Gasteiger partial charge in [-0.1, -0.05) is 30.3 Å². The Morgan fingerprint density at radius 1 is 1.16 bits per heavy atom. The second kappa shape index (κ2) is 7.05. The van der Waals surface area contributed by atoms with Crippen molar-refractivity contribution in [1.29, 1.82) is 0 Å². The summed E-state index contributed by atoms with van der Waals surface area (Å²) in [6.07, 6.45) is 7.30. The van der Waals surface area contributed by atoms with Gasteiger partial charge in [-0.25, -0.2) is 0 Å². The smallest absolute Gasteiger partial charge is 0.0335 e. The van der Waals surface area contributed by atoms with Crippen LogP contribution in [0.3, 0.4) is 0 Å². The zero-order chi connectivity index (χ0) is 13.5. The highest BCUT2D eigenvalue weighted by Gasteiger charge is 2.11. The minimum Gasteiger partial charge on any atom is -0.313 e. The number of hydrogen-bond donors (Lipinski definition) is 1. The van der Waals surface area contributed by atoms with Crippen LogP contribution in [0.5, 0.6) is 0 Å². The average molecular weight is 254 g/mol. The van der Waals surface area contributed by atoms with Gasteiger partial charge in [-0.3, -0.25) is 4.98 Å². The van der Waals surface area contributed by atoms with E-state index in [1.165, 1.54) is 23.1 Å². The first-order valence-electron chi connectivity index (χ1n) is 6.93. The van der Waals surface area contributed by atoms with Crippen molar-refractivity contribution in [3.8, 4) is 0 Å². The molecule has 0 aliphatic rings. The highest BCUT2D eigenvalue weighted by molar-refractivity contribution is 5.25. The van der Waals surface area contributed by atoms with Crippen molar-refractivity contribution < 1.29 is 0 Å². The predicted octanol–water partition coefficient (Wildman–Crippen LogP) is 3.67. The molecule has 0 fully saturated rings. The molecule has 2 heteroatoms. The van der Waals surface area contributed by atoms with E-state index >= 15 is 0 Å². The van der Waals surface area contributed by atoms with Crippen molar-refractivity contribution in [2.24, 2.45) is 0 Å². The minimum absolute atomic E-state index is 0.400. The summed E-state index contributed by atoms with van der Waals surface area (Å²) in [5, 5.41) is 3.41. The van der Waals surface area contributed by atoms with Crippen molar-refractivity contribution in [3.05, 3.63) is 65.5 Å². The Bertz CT molecular complexity index is 494. The molecule has 0 spiro atoms. The fraction of sp³-hybridized carbons (Fsp3) is 0.353. The average Bonchev–Trinajstić information content (AvgIpc) is 2.46. The first-order valence-corrected chi connectivity index (χ1v) is 6.93. The number of nitrogens with zero attached hydrogens (tertiary/aromatic N) is 1. The lowest BCUT2D eigenvalue weighted by molar-refractivity contribution is 0.523. The summed E-state index contributed by atoms with van der Waals surface area (Å²) in [6.45, 7) is 2.15. The lowest BCUT2D eigenvalue weighted by atomic mass is 9.97. The Kier molecular flexibility index (Phi) is 5.10. The van der Waals surface area contributed by atoms with E-state index in [1.54, 1.807) is 0 Å². The predicted molar refractivity (Wildman–Crippen MR) is 80.2 cm³/mol. The van der Waals surface area contributed by atoms with Gasteiger partial charge in [-0.2, -0.15) is 0 Å². The summed E-state index contributed by atoms with van der Waals surface area (Å²) in [7, 11) is 2.03. The molecule has 1 heterocycles. The molecular weight excluding hydrogens is 232 g/mol. The molecule has 1 aromatic carbocycles. The van der Waals surface area contributed by atoms with Gasteiger partial charge in [-0.05, 0) is 56.0 Å². The summed E-state index contributed by atoms with van der Waals surface area (Å²) in [4.78, 5) is 4.24. The Morgan fingerprint density at radius 2 is 1.95 bits per heavy atom. The maximum atomic E-state index is 4.24. The van der Waals surface area contributed by atoms with E-state index in [9.17, 15) is 0 Å². The van der Waals surface area contributed by atoms with Crippen LogP contribution in [0.25, 0.3) is 0 Å². The molecule has 0 aliphatic heterocycles. The van der Waals surface area contributed by atoms with Gasteiger partial charge < -0.3 is 5.32 Å². The molecule has 0 saturated heterocycles. The van der Waals surface area contributed by atoms with Gasteiger partial charge >= 0.3 is 0 Å². The lowest BCUT2D eigenvalue weighted by Gasteiger charge is -2.18. The van der Waals surface area contributed by atoms with E-state index < -0.39 is 0 Å². The summed E-state index contributed by atoms with van der Waals surface area (Å²) in [6, 6.07) is 13.2.